The van der Waals surface area contributed by atoms with Gasteiger partial charge in [-0.25, -0.2) is 0 Å². The third kappa shape index (κ3) is 4.67. The molecule has 7 heteroatoms. The van der Waals surface area contributed by atoms with Gasteiger partial charge in [-0.3, -0.25) is 10.1 Å². The maximum atomic E-state index is 12.4. The number of hydrogen-bond acceptors (Lipinski definition) is 3. The van der Waals surface area contributed by atoms with Gasteiger partial charge in [0.1, 0.15) is 5.75 Å². The summed E-state index contributed by atoms with van der Waals surface area (Å²) in [6.07, 6.45) is 0. The van der Waals surface area contributed by atoms with Crippen LogP contribution in [0.4, 0.5) is 5.69 Å². The molecule has 0 saturated carbocycles. The standard InChI is InChI=1S/C17H16BrIN2O2S/c1-9-6-12(7-10(2)15(9)19)20-17(24)21-16(22)13-8-11(18)4-5-14(13)23-3/h4-8H,1-3H3,(H2,20,21,22,24). The number of carbonyl (C=O) groups is 1. The largest absolute Gasteiger partial charge is 0.496 e. The number of anilines is 1. The summed E-state index contributed by atoms with van der Waals surface area (Å²) in [6, 6.07) is 9.21. The minimum atomic E-state index is -0.329. The maximum Gasteiger partial charge on any atom is 0.261 e. The van der Waals surface area contributed by atoms with Crippen molar-refractivity contribution in [2.75, 3.05) is 12.4 Å². The van der Waals surface area contributed by atoms with Crippen molar-refractivity contribution in [2.45, 2.75) is 13.8 Å². The molecule has 2 rings (SSSR count). The fraction of sp³-hybridized carbons (Fsp3) is 0.176. The quantitative estimate of drug-likeness (QED) is 0.452. The van der Waals surface area contributed by atoms with E-state index in [4.69, 9.17) is 17.0 Å². The van der Waals surface area contributed by atoms with E-state index in [1.807, 2.05) is 32.0 Å². The zero-order valence-electron chi connectivity index (χ0n) is 13.4. The van der Waals surface area contributed by atoms with E-state index in [2.05, 4.69) is 49.2 Å². The molecule has 0 heterocycles. The number of rotatable bonds is 3. The summed E-state index contributed by atoms with van der Waals surface area (Å²) in [5.74, 6) is 0.157. The highest BCUT2D eigenvalue weighted by atomic mass is 127. The van der Waals surface area contributed by atoms with Crippen molar-refractivity contribution in [1.29, 1.82) is 0 Å². The first kappa shape index (κ1) is 19.1. The van der Waals surface area contributed by atoms with E-state index in [0.29, 0.717) is 11.3 Å². The molecule has 1 amide bonds. The molecule has 0 aliphatic heterocycles. The van der Waals surface area contributed by atoms with Crippen LogP contribution in [-0.2, 0) is 0 Å². The number of thiocarbonyl (C=S) groups is 1. The molecule has 0 fully saturated rings. The van der Waals surface area contributed by atoms with Gasteiger partial charge in [-0.05, 0) is 90.1 Å². The molecule has 0 radical (unpaired) electrons. The third-order valence-electron chi connectivity index (χ3n) is 3.33. The highest BCUT2D eigenvalue weighted by molar-refractivity contribution is 14.1. The predicted octanol–water partition coefficient (Wildman–Crippen LogP) is 4.81. The Balaban J connectivity index is 2.13. The number of benzene rings is 2. The van der Waals surface area contributed by atoms with Crippen molar-refractivity contribution in [3.05, 3.63) is 55.1 Å². The van der Waals surface area contributed by atoms with Gasteiger partial charge in [-0.1, -0.05) is 15.9 Å². The van der Waals surface area contributed by atoms with Crippen LogP contribution in [0.15, 0.2) is 34.8 Å². The number of amides is 1. The van der Waals surface area contributed by atoms with E-state index >= 15 is 0 Å². The Labute approximate surface area is 168 Å². The number of carbonyl (C=O) groups excluding carboxylic acids is 1. The van der Waals surface area contributed by atoms with Crippen LogP contribution in [0.5, 0.6) is 5.75 Å². The SMILES string of the molecule is COc1ccc(Br)cc1C(=O)NC(=S)Nc1cc(C)c(I)c(C)c1. The summed E-state index contributed by atoms with van der Waals surface area (Å²) in [6.45, 7) is 4.07. The van der Waals surface area contributed by atoms with Gasteiger partial charge in [0, 0.05) is 13.7 Å². The molecule has 2 N–H and O–H groups in total. The lowest BCUT2D eigenvalue weighted by atomic mass is 10.1. The molecule has 2 aromatic rings. The Morgan fingerprint density at radius 3 is 2.42 bits per heavy atom. The number of nitrogens with one attached hydrogen (secondary N) is 2. The van der Waals surface area contributed by atoms with Gasteiger partial charge in [0.15, 0.2) is 5.11 Å². The van der Waals surface area contributed by atoms with Gasteiger partial charge in [0.05, 0.1) is 12.7 Å². The lowest BCUT2D eigenvalue weighted by molar-refractivity contribution is 0.0974. The van der Waals surface area contributed by atoms with Crippen molar-refractivity contribution in [3.8, 4) is 5.75 Å². The van der Waals surface area contributed by atoms with Crippen molar-refractivity contribution in [3.63, 3.8) is 0 Å². The van der Waals surface area contributed by atoms with E-state index in [0.717, 1.165) is 21.3 Å². The lowest BCUT2D eigenvalue weighted by Crippen LogP contribution is -2.34. The van der Waals surface area contributed by atoms with Crippen LogP contribution >= 0.6 is 50.7 Å². The van der Waals surface area contributed by atoms with Crippen LogP contribution in [0.2, 0.25) is 0 Å². The van der Waals surface area contributed by atoms with Crippen molar-refractivity contribution < 1.29 is 9.53 Å². The summed E-state index contributed by atoms with van der Waals surface area (Å²) in [4.78, 5) is 12.4. The molecule has 126 valence electrons. The minimum absolute atomic E-state index is 0.238. The van der Waals surface area contributed by atoms with Crippen LogP contribution in [0.25, 0.3) is 0 Å². The monoisotopic (exact) mass is 518 g/mol. The second-order valence-electron chi connectivity index (χ2n) is 5.18. The Hall–Kier alpha value is -1.19. The van der Waals surface area contributed by atoms with Crippen molar-refractivity contribution in [2.24, 2.45) is 0 Å². The fourth-order valence-electron chi connectivity index (χ4n) is 2.21. The molecule has 0 bridgehead atoms. The van der Waals surface area contributed by atoms with E-state index in [1.54, 1.807) is 12.1 Å². The minimum Gasteiger partial charge on any atom is -0.496 e. The molecular weight excluding hydrogens is 503 g/mol. The van der Waals surface area contributed by atoms with Gasteiger partial charge >= 0.3 is 0 Å². The molecule has 0 aromatic heterocycles. The summed E-state index contributed by atoms with van der Waals surface area (Å²) >= 11 is 10.9. The second kappa shape index (κ2) is 8.26. The molecule has 0 atom stereocenters. The van der Waals surface area contributed by atoms with Gasteiger partial charge < -0.3 is 10.1 Å². The van der Waals surface area contributed by atoms with Gasteiger partial charge in [0.2, 0.25) is 0 Å². The average molecular weight is 519 g/mol. The highest BCUT2D eigenvalue weighted by Crippen LogP contribution is 2.23. The normalized spacial score (nSPS) is 10.2. The molecule has 2 aromatic carbocycles. The first-order valence-corrected chi connectivity index (χ1v) is 9.32. The Kier molecular flexibility index (Phi) is 6.59. The average Bonchev–Trinajstić information content (AvgIpc) is 2.52. The fourth-order valence-corrected chi connectivity index (χ4v) is 3.09. The topological polar surface area (TPSA) is 50.4 Å². The highest BCUT2D eigenvalue weighted by Gasteiger charge is 2.14. The number of ether oxygens (including phenoxy) is 1. The number of hydrogen-bond donors (Lipinski definition) is 2. The Bertz CT molecular complexity index is 788. The third-order valence-corrected chi connectivity index (χ3v) is 5.73. The van der Waals surface area contributed by atoms with Crippen LogP contribution in [0.1, 0.15) is 21.5 Å². The number of aryl methyl sites for hydroxylation is 2. The molecule has 0 unspecified atom stereocenters. The zero-order chi connectivity index (χ0) is 17.9. The summed E-state index contributed by atoms with van der Waals surface area (Å²) in [5.41, 5.74) is 3.56. The summed E-state index contributed by atoms with van der Waals surface area (Å²) < 4.78 is 7.22. The molecule has 0 aliphatic rings. The number of methoxy groups -OCH3 is 1. The first-order chi connectivity index (χ1) is 11.3. The van der Waals surface area contributed by atoms with Gasteiger partial charge in [-0.15, -0.1) is 0 Å². The summed E-state index contributed by atoms with van der Waals surface area (Å²) in [7, 11) is 1.52. The molecule has 0 saturated heterocycles. The first-order valence-electron chi connectivity index (χ1n) is 7.04. The molecular formula is C17H16BrIN2O2S. The van der Waals surface area contributed by atoms with Gasteiger partial charge in [-0.2, -0.15) is 0 Å². The predicted molar refractivity (Wildman–Crippen MR) is 113 cm³/mol. The Morgan fingerprint density at radius 1 is 1.21 bits per heavy atom. The van der Waals surface area contributed by atoms with Crippen LogP contribution in [0.3, 0.4) is 0 Å². The van der Waals surface area contributed by atoms with Crippen molar-refractivity contribution >= 4 is 67.4 Å². The van der Waals surface area contributed by atoms with Crippen molar-refractivity contribution in [1.82, 2.24) is 5.32 Å². The number of halogens is 2. The van der Waals surface area contributed by atoms with Gasteiger partial charge in [0.25, 0.3) is 5.91 Å². The molecule has 0 aliphatic carbocycles. The smallest absolute Gasteiger partial charge is 0.261 e. The molecule has 0 spiro atoms. The Morgan fingerprint density at radius 2 is 1.83 bits per heavy atom. The van der Waals surface area contributed by atoms with E-state index in [1.165, 1.54) is 10.7 Å². The van der Waals surface area contributed by atoms with E-state index in [9.17, 15) is 4.79 Å². The van der Waals surface area contributed by atoms with E-state index in [-0.39, 0.29) is 11.0 Å². The zero-order valence-corrected chi connectivity index (χ0v) is 17.9. The van der Waals surface area contributed by atoms with Crippen LogP contribution < -0.4 is 15.4 Å². The molecule has 24 heavy (non-hydrogen) atoms. The lowest BCUT2D eigenvalue weighted by Gasteiger charge is -2.13. The summed E-state index contributed by atoms with van der Waals surface area (Å²) in [5, 5.41) is 5.96. The second-order valence-corrected chi connectivity index (χ2v) is 7.58. The maximum absolute atomic E-state index is 12.4. The van der Waals surface area contributed by atoms with Crippen LogP contribution in [-0.4, -0.2) is 18.1 Å². The molecule has 4 nitrogen and oxygen atoms in total. The van der Waals surface area contributed by atoms with E-state index < -0.39 is 0 Å². The van der Waals surface area contributed by atoms with Crippen LogP contribution in [0, 0.1) is 17.4 Å².